The van der Waals surface area contributed by atoms with Gasteiger partial charge in [0.25, 0.3) is 5.91 Å². The maximum atomic E-state index is 13.5. The molecule has 1 aliphatic heterocycles. The van der Waals surface area contributed by atoms with E-state index in [1.54, 1.807) is 30.6 Å². The Hall–Kier alpha value is -4.06. The predicted molar refractivity (Wildman–Crippen MR) is 114 cm³/mol. The maximum absolute atomic E-state index is 13.5. The van der Waals surface area contributed by atoms with Crippen LogP contribution in [0.15, 0.2) is 96.5 Å². The van der Waals surface area contributed by atoms with Gasteiger partial charge in [-0.1, -0.05) is 54.6 Å². The number of hydrogen-bond acceptors (Lipinski definition) is 4. The molecule has 0 saturated carbocycles. The van der Waals surface area contributed by atoms with Gasteiger partial charge in [0, 0.05) is 18.9 Å². The number of pyridine rings is 1. The minimum absolute atomic E-state index is 0.0346. The normalized spacial score (nSPS) is 16.4. The average Bonchev–Trinajstić information content (AvgIpc) is 3.04. The van der Waals surface area contributed by atoms with Crippen molar-refractivity contribution in [3.63, 3.8) is 0 Å². The molecule has 4 rings (SSSR count). The highest BCUT2D eigenvalue weighted by Gasteiger charge is 2.42. The third-order valence-corrected chi connectivity index (χ3v) is 5.06. The fourth-order valence-electron chi connectivity index (χ4n) is 3.57. The number of aliphatic hydroxyl groups is 1. The SMILES string of the molecule is O=C(C=Cc1ccccc1)C1=C(O)C(=O)N(Cc2cccnc2)C1c1ccc(F)cc1. The number of nitrogens with zero attached hydrogens (tertiary/aromatic N) is 2. The Morgan fingerprint density at radius 1 is 1.06 bits per heavy atom. The maximum Gasteiger partial charge on any atom is 0.290 e. The first-order valence-corrected chi connectivity index (χ1v) is 9.70. The molecular weight excluding hydrogens is 395 g/mol. The van der Waals surface area contributed by atoms with Crippen LogP contribution in [0.5, 0.6) is 0 Å². The second kappa shape index (κ2) is 8.75. The van der Waals surface area contributed by atoms with Gasteiger partial charge >= 0.3 is 0 Å². The Morgan fingerprint density at radius 2 is 1.81 bits per heavy atom. The Bertz CT molecular complexity index is 1160. The van der Waals surface area contributed by atoms with E-state index in [0.29, 0.717) is 5.56 Å². The Morgan fingerprint density at radius 3 is 2.48 bits per heavy atom. The molecule has 5 nitrogen and oxygen atoms in total. The lowest BCUT2D eigenvalue weighted by molar-refractivity contribution is -0.130. The van der Waals surface area contributed by atoms with Crippen LogP contribution in [-0.4, -0.2) is 26.7 Å². The zero-order valence-corrected chi connectivity index (χ0v) is 16.5. The van der Waals surface area contributed by atoms with Gasteiger partial charge in [-0.25, -0.2) is 4.39 Å². The van der Waals surface area contributed by atoms with Crippen LogP contribution in [-0.2, 0) is 16.1 Å². The van der Waals surface area contributed by atoms with Crippen molar-refractivity contribution in [1.82, 2.24) is 9.88 Å². The van der Waals surface area contributed by atoms with Gasteiger partial charge in [-0.3, -0.25) is 14.6 Å². The minimum Gasteiger partial charge on any atom is -0.503 e. The molecule has 2 heterocycles. The summed E-state index contributed by atoms with van der Waals surface area (Å²) < 4.78 is 13.5. The van der Waals surface area contributed by atoms with Crippen LogP contribution in [0.4, 0.5) is 4.39 Å². The van der Waals surface area contributed by atoms with Gasteiger partial charge in [-0.15, -0.1) is 0 Å². The number of rotatable bonds is 6. The number of halogens is 1. The number of hydrogen-bond donors (Lipinski definition) is 1. The number of carbonyl (C=O) groups is 2. The first-order chi connectivity index (χ1) is 15.0. The van der Waals surface area contributed by atoms with Gasteiger partial charge in [0.2, 0.25) is 0 Å². The van der Waals surface area contributed by atoms with E-state index in [1.807, 2.05) is 30.3 Å². The van der Waals surface area contributed by atoms with E-state index >= 15 is 0 Å². The number of benzene rings is 2. The van der Waals surface area contributed by atoms with Crippen LogP contribution >= 0.6 is 0 Å². The summed E-state index contributed by atoms with van der Waals surface area (Å²) in [5.41, 5.74) is 2.04. The second-order valence-electron chi connectivity index (χ2n) is 7.12. The number of allylic oxidation sites excluding steroid dienone is 1. The van der Waals surface area contributed by atoms with Crippen LogP contribution in [0.2, 0.25) is 0 Å². The lowest BCUT2D eigenvalue weighted by atomic mass is 9.95. The van der Waals surface area contributed by atoms with Crippen LogP contribution < -0.4 is 0 Å². The molecule has 0 radical (unpaired) electrons. The van der Waals surface area contributed by atoms with Crippen molar-refractivity contribution in [2.45, 2.75) is 12.6 Å². The average molecular weight is 414 g/mol. The lowest BCUT2D eigenvalue weighted by Crippen LogP contribution is -2.30. The van der Waals surface area contributed by atoms with E-state index in [4.69, 9.17) is 0 Å². The van der Waals surface area contributed by atoms with Crippen molar-refractivity contribution in [3.05, 3.63) is 119 Å². The summed E-state index contributed by atoms with van der Waals surface area (Å²) in [5.74, 6) is -2.18. The van der Waals surface area contributed by atoms with Crippen LogP contribution in [0.1, 0.15) is 22.7 Å². The molecule has 154 valence electrons. The van der Waals surface area contributed by atoms with Crippen molar-refractivity contribution in [2.24, 2.45) is 0 Å². The molecule has 3 aromatic rings. The molecular formula is C25H19FN2O3. The van der Waals surface area contributed by atoms with E-state index < -0.39 is 29.3 Å². The van der Waals surface area contributed by atoms with E-state index in [1.165, 1.54) is 35.2 Å². The zero-order valence-electron chi connectivity index (χ0n) is 16.5. The van der Waals surface area contributed by atoms with E-state index in [9.17, 15) is 19.1 Å². The third-order valence-electron chi connectivity index (χ3n) is 5.06. The van der Waals surface area contributed by atoms with Crippen LogP contribution in [0, 0.1) is 5.82 Å². The molecule has 6 heteroatoms. The van der Waals surface area contributed by atoms with Crippen LogP contribution in [0.3, 0.4) is 0 Å². The molecule has 1 amide bonds. The van der Waals surface area contributed by atoms with Gasteiger partial charge in [-0.2, -0.15) is 0 Å². The van der Waals surface area contributed by atoms with Gasteiger partial charge in [0.1, 0.15) is 5.82 Å². The van der Waals surface area contributed by atoms with Gasteiger partial charge < -0.3 is 10.0 Å². The number of aromatic nitrogens is 1. The van der Waals surface area contributed by atoms with E-state index in [-0.39, 0.29) is 12.1 Å². The molecule has 1 aliphatic rings. The van der Waals surface area contributed by atoms with Gasteiger partial charge in [0.05, 0.1) is 11.6 Å². The fourth-order valence-corrected chi connectivity index (χ4v) is 3.57. The molecule has 1 aromatic heterocycles. The Labute approximate surface area is 178 Å². The second-order valence-corrected chi connectivity index (χ2v) is 7.12. The van der Waals surface area contributed by atoms with Crippen molar-refractivity contribution < 1.29 is 19.1 Å². The summed E-state index contributed by atoms with van der Waals surface area (Å²) in [6, 6.07) is 17.5. The minimum atomic E-state index is -0.846. The van der Waals surface area contributed by atoms with Crippen molar-refractivity contribution in [1.29, 1.82) is 0 Å². The third kappa shape index (κ3) is 4.28. The van der Waals surface area contributed by atoms with E-state index in [2.05, 4.69) is 4.98 Å². The first-order valence-electron chi connectivity index (χ1n) is 9.70. The standard InChI is InChI=1S/C25H19FN2O3/c26-20-11-9-19(10-12-20)23-22(21(29)13-8-17-5-2-1-3-6-17)24(30)25(31)28(23)16-18-7-4-14-27-15-18/h1-15,23,30H,16H2. The van der Waals surface area contributed by atoms with Gasteiger partial charge in [0.15, 0.2) is 11.5 Å². The summed E-state index contributed by atoms with van der Waals surface area (Å²) in [5, 5.41) is 10.6. The van der Waals surface area contributed by atoms with Gasteiger partial charge in [-0.05, 0) is 41.0 Å². The molecule has 0 bridgehead atoms. The molecule has 1 N–H and O–H groups in total. The number of amides is 1. The molecule has 2 aromatic carbocycles. The van der Waals surface area contributed by atoms with Crippen molar-refractivity contribution in [3.8, 4) is 0 Å². The summed E-state index contributed by atoms with van der Waals surface area (Å²) in [6.07, 6.45) is 6.18. The fraction of sp³-hybridized carbons (Fsp3) is 0.0800. The molecule has 0 spiro atoms. The smallest absolute Gasteiger partial charge is 0.290 e. The number of ketones is 1. The molecule has 1 unspecified atom stereocenters. The summed E-state index contributed by atoms with van der Waals surface area (Å²) >= 11 is 0. The number of carbonyl (C=O) groups excluding carboxylic acids is 2. The lowest BCUT2D eigenvalue weighted by Gasteiger charge is -2.26. The highest BCUT2D eigenvalue weighted by molar-refractivity contribution is 6.14. The quantitative estimate of drug-likeness (QED) is 0.607. The Balaban J connectivity index is 1.72. The van der Waals surface area contributed by atoms with Crippen molar-refractivity contribution in [2.75, 3.05) is 0 Å². The van der Waals surface area contributed by atoms with Crippen molar-refractivity contribution >= 4 is 17.8 Å². The summed E-state index contributed by atoms with van der Waals surface area (Å²) in [6.45, 7) is 0.137. The highest BCUT2D eigenvalue weighted by Crippen LogP contribution is 2.39. The molecule has 0 saturated heterocycles. The highest BCUT2D eigenvalue weighted by atomic mass is 19.1. The topological polar surface area (TPSA) is 70.5 Å². The molecule has 31 heavy (non-hydrogen) atoms. The van der Waals surface area contributed by atoms with E-state index in [0.717, 1.165) is 11.1 Å². The number of aliphatic hydroxyl groups excluding tert-OH is 1. The summed E-state index contributed by atoms with van der Waals surface area (Å²) in [4.78, 5) is 31.4. The zero-order chi connectivity index (χ0) is 21.8. The summed E-state index contributed by atoms with van der Waals surface area (Å²) in [7, 11) is 0. The Kier molecular flexibility index (Phi) is 5.71. The first kappa shape index (κ1) is 20.2. The molecule has 0 aliphatic carbocycles. The van der Waals surface area contributed by atoms with Crippen LogP contribution in [0.25, 0.3) is 6.08 Å². The largest absolute Gasteiger partial charge is 0.503 e. The molecule has 1 atom stereocenters. The molecule has 0 fully saturated rings. The monoisotopic (exact) mass is 414 g/mol. The predicted octanol–water partition coefficient (Wildman–Crippen LogP) is 4.40.